The van der Waals surface area contributed by atoms with E-state index in [9.17, 15) is 0 Å². The molecule has 2 rings (SSSR count). The number of pyridine rings is 1. The van der Waals surface area contributed by atoms with Crippen LogP contribution < -0.4 is 4.74 Å². The lowest BCUT2D eigenvalue weighted by atomic mass is 10.1. The molecule has 1 aromatic heterocycles. The van der Waals surface area contributed by atoms with Crippen LogP contribution in [-0.2, 0) is 12.8 Å². The van der Waals surface area contributed by atoms with E-state index in [-0.39, 0.29) is 0 Å². The molecule has 0 saturated heterocycles. The summed E-state index contributed by atoms with van der Waals surface area (Å²) in [6.45, 7) is 4.23. The first-order chi connectivity index (χ1) is 8.69. The van der Waals surface area contributed by atoms with Crippen molar-refractivity contribution in [3.63, 3.8) is 0 Å². The van der Waals surface area contributed by atoms with Crippen LogP contribution in [0, 0.1) is 13.8 Å². The van der Waals surface area contributed by atoms with Crippen molar-refractivity contribution in [3.05, 3.63) is 58.9 Å². The highest BCUT2D eigenvalue weighted by Crippen LogP contribution is 2.14. The molecule has 0 saturated carbocycles. The molecule has 18 heavy (non-hydrogen) atoms. The third-order valence-corrected chi connectivity index (χ3v) is 3.26. The van der Waals surface area contributed by atoms with E-state index >= 15 is 0 Å². The lowest BCUT2D eigenvalue weighted by Gasteiger charge is -2.05. The minimum Gasteiger partial charge on any atom is -0.497 e. The van der Waals surface area contributed by atoms with Gasteiger partial charge in [0, 0.05) is 11.9 Å². The van der Waals surface area contributed by atoms with Crippen molar-refractivity contribution in [2.24, 2.45) is 0 Å². The monoisotopic (exact) mass is 241 g/mol. The fourth-order valence-corrected chi connectivity index (χ4v) is 1.88. The molecule has 2 aromatic rings. The minimum absolute atomic E-state index is 0.906. The topological polar surface area (TPSA) is 22.1 Å². The predicted molar refractivity (Wildman–Crippen MR) is 74.1 cm³/mol. The first-order valence-electron chi connectivity index (χ1n) is 6.24. The minimum atomic E-state index is 0.906. The number of benzene rings is 1. The Kier molecular flexibility index (Phi) is 3.98. The van der Waals surface area contributed by atoms with Crippen LogP contribution in [0.4, 0.5) is 0 Å². The molecular weight excluding hydrogens is 222 g/mol. The fourth-order valence-electron chi connectivity index (χ4n) is 1.88. The number of hydrogen-bond donors (Lipinski definition) is 0. The van der Waals surface area contributed by atoms with E-state index in [0.717, 1.165) is 24.3 Å². The van der Waals surface area contributed by atoms with Crippen LogP contribution in [0.2, 0.25) is 0 Å². The number of methoxy groups -OCH3 is 1. The lowest BCUT2D eigenvalue weighted by molar-refractivity contribution is 0.414. The van der Waals surface area contributed by atoms with Crippen molar-refractivity contribution < 1.29 is 4.74 Å². The zero-order valence-corrected chi connectivity index (χ0v) is 11.2. The Hall–Kier alpha value is -1.83. The van der Waals surface area contributed by atoms with Gasteiger partial charge in [-0.2, -0.15) is 0 Å². The van der Waals surface area contributed by atoms with E-state index in [2.05, 4.69) is 37.0 Å². The van der Waals surface area contributed by atoms with Crippen LogP contribution in [-0.4, -0.2) is 12.1 Å². The molecule has 0 bridgehead atoms. The summed E-state index contributed by atoms with van der Waals surface area (Å²) in [5.74, 6) is 0.906. The van der Waals surface area contributed by atoms with Gasteiger partial charge in [-0.15, -0.1) is 0 Å². The number of aryl methyl sites for hydroxylation is 4. The number of rotatable bonds is 4. The van der Waals surface area contributed by atoms with Crippen LogP contribution in [0.25, 0.3) is 0 Å². The van der Waals surface area contributed by atoms with Gasteiger partial charge in [0.15, 0.2) is 0 Å². The molecule has 2 nitrogen and oxygen atoms in total. The Bertz CT molecular complexity index is 517. The number of ether oxygens (including phenoxy) is 1. The predicted octanol–water partition coefficient (Wildman–Crippen LogP) is 3.49. The molecule has 0 N–H and O–H groups in total. The summed E-state index contributed by atoms with van der Waals surface area (Å²) in [6.07, 6.45) is 3.95. The summed E-state index contributed by atoms with van der Waals surface area (Å²) >= 11 is 0. The molecule has 1 aromatic carbocycles. The molecule has 2 heteroatoms. The van der Waals surface area contributed by atoms with Crippen molar-refractivity contribution in [1.82, 2.24) is 4.98 Å². The maximum Gasteiger partial charge on any atom is 0.118 e. The van der Waals surface area contributed by atoms with Crippen LogP contribution in [0.3, 0.4) is 0 Å². The smallest absolute Gasteiger partial charge is 0.118 e. The second-order valence-corrected chi connectivity index (χ2v) is 4.61. The van der Waals surface area contributed by atoms with Gasteiger partial charge >= 0.3 is 0 Å². The van der Waals surface area contributed by atoms with Gasteiger partial charge in [0.05, 0.1) is 7.11 Å². The summed E-state index contributed by atoms with van der Waals surface area (Å²) in [6, 6.07) is 10.4. The molecule has 0 aliphatic carbocycles. The maximum atomic E-state index is 5.15. The molecular formula is C16H19NO. The summed E-state index contributed by atoms with van der Waals surface area (Å²) in [4.78, 5) is 4.46. The molecule has 94 valence electrons. The Labute approximate surface area is 109 Å². The van der Waals surface area contributed by atoms with Crippen LogP contribution >= 0.6 is 0 Å². The van der Waals surface area contributed by atoms with E-state index in [1.54, 1.807) is 7.11 Å². The Morgan fingerprint density at radius 1 is 1.00 bits per heavy atom. The quantitative estimate of drug-likeness (QED) is 0.817. The molecule has 0 aliphatic rings. The second-order valence-electron chi connectivity index (χ2n) is 4.61. The summed E-state index contributed by atoms with van der Waals surface area (Å²) in [5.41, 5.74) is 5.04. The zero-order chi connectivity index (χ0) is 13.0. The van der Waals surface area contributed by atoms with Crippen LogP contribution in [0.15, 0.2) is 36.5 Å². The van der Waals surface area contributed by atoms with Crippen molar-refractivity contribution in [3.8, 4) is 5.75 Å². The molecule has 1 heterocycles. The Morgan fingerprint density at radius 3 is 2.33 bits per heavy atom. The van der Waals surface area contributed by atoms with Crippen molar-refractivity contribution in [2.75, 3.05) is 7.11 Å². The third kappa shape index (κ3) is 3.10. The first kappa shape index (κ1) is 12.6. The maximum absolute atomic E-state index is 5.15. The molecule has 0 radical (unpaired) electrons. The van der Waals surface area contributed by atoms with Gasteiger partial charge in [-0.25, -0.2) is 0 Å². The van der Waals surface area contributed by atoms with E-state index in [1.165, 1.54) is 16.7 Å². The Balaban J connectivity index is 1.99. The van der Waals surface area contributed by atoms with Gasteiger partial charge in [-0.1, -0.05) is 12.1 Å². The van der Waals surface area contributed by atoms with Gasteiger partial charge in [0.2, 0.25) is 0 Å². The lowest BCUT2D eigenvalue weighted by Crippen LogP contribution is -1.96. The Morgan fingerprint density at radius 2 is 1.72 bits per heavy atom. The second kappa shape index (κ2) is 5.67. The standard InChI is InChI=1S/C16H19NO/c1-12-10-15(17-11-13(12)2)7-4-14-5-8-16(18-3)9-6-14/h5-6,8-11H,4,7H2,1-3H3. The zero-order valence-electron chi connectivity index (χ0n) is 11.2. The molecule has 0 atom stereocenters. The highest BCUT2D eigenvalue weighted by atomic mass is 16.5. The largest absolute Gasteiger partial charge is 0.497 e. The SMILES string of the molecule is COc1ccc(CCc2cc(C)c(C)cn2)cc1. The number of nitrogens with zero attached hydrogens (tertiary/aromatic N) is 1. The number of hydrogen-bond acceptors (Lipinski definition) is 2. The van der Waals surface area contributed by atoms with Gasteiger partial charge in [0.1, 0.15) is 5.75 Å². The highest BCUT2D eigenvalue weighted by Gasteiger charge is 2.00. The summed E-state index contributed by atoms with van der Waals surface area (Å²) < 4.78 is 5.15. The van der Waals surface area contributed by atoms with Crippen LogP contribution in [0.5, 0.6) is 5.75 Å². The van der Waals surface area contributed by atoms with Gasteiger partial charge < -0.3 is 4.74 Å². The first-order valence-corrected chi connectivity index (χ1v) is 6.24. The summed E-state index contributed by atoms with van der Waals surface area (Å²) in [5, 5.41) is 0. The van der Waals surface area contributed by atoms with Crippen molar-refractivity contribution in [1.29, 1.82) is 0 Å². The molecule has 0 aliphatic heterocycles. The van der Waals surface area contributed by atoms with E-state index in [1.807, 2.05) is 18.3 Å². The average molecular weight is 241 g/mol. The van der Waals surface area contributed by atoms with Gasteiger partial charge in [-0.05, 0) is 61.6 Å². The molecule has 0 spiro atoms. The van der Waals surface area contributed by atoms with E-state index in [0.29, 0.717) is 0 Å². The van der Waals surface area contributed by atoms with Gasteiger partial charge in [0.25, 0.3) is 0 Å². The van der Waals surface area contributed by atoms with Crippen LogP contribution in [0.1, 0.15) is 22.4 Å². The molecule has 0 amide bonds. The third-order valence-electron chi connectivity index (χ3n) is 3.26. The van der Waals surface area contributed by atoms with Crippen molar-refractivity contribution in [2.45, 2.75) is 26.7 Å². The van der Waals surface area contributed by atoms with Crippen molar-refractivity contribution >= 4 is 0 Å². The average Bonchev–Trinajstić information content (AvgIpc) is 2.41. The fraction of sp³-hybridized carbons (Fsp3) is 0.312. The molecule has 0 fully saturated rings. The number of aromatic nitrogens is 1. The summed E-state index contributed by atoms with van der Waals surface area (Å²) in [7, 11) is 1.69. The van der Waals surface area contributed by atoms with Gasteiger partial charge in [-0.3, -0.25) is 4.98 Å². The molecule has 0 unspecified atom stereocenters. The highest BCUT2D eigenvalue weighted by molar-refractivity contribution is 5.28. The van der Waals surface area contributed by atoms with E-state index < -0.39 is 0 Å². The normalized spacial score (nSPS) is 10.4. The van der Waals surface area contributed by atoms with E-state index in [4.69, 9.17) is 4.74 Å².